The second-order valence-corrected chi connectivity index (χ2v) is 9.14. The van der Waals surface area contributed by atoms with Crippen molar-refractivity contribution in [3.05, 3.63) is 48.3 Å². The molecular weight excluding hydrogens is 469 g/mol. The molecule has 4 heterocycles. The van der Waals surface area contributed by atoms with Crippen molar-refractivity contribution in [2.75, 3.05) is 23.3 Å². The average Bonchev–Trinajstić information content (AvgIpc) is 3.18. The van der Waals surface area contributed by atoms with Gasteiger partial charge in [0.05, 0.1) is 17.0 Å². The van der Waals surface area contributed by atoms with Crippen LogP contribution in [0.5, 0.6) is 0 Å². The van der Waals surface area contributed by atoms with Gasteiger partial charge in [0.2, 0.25) is 0 Å². The zero-order valence-corrected chi connectivity index (χ0v) is 20.4. The van der Waals surface area contributed by atoms with Crippen molar-refractivity contribution < 1.29 is 9.90 Å². The first-order valence-electron chi connectivity index (χ1n) is 10.00. The van der Waals surface area contributed by atoms with Crippen LogP contribution in [0.1, 0.15) is 31.7 Å². The highest BCUT2D eigenvalue weighted by atomic mass is 35.5. The number of nitrogens with zero attached hydrogens (tertiary/aromatic N) is 4. The third kappa shape index (κ3) is 6.31. The van der Waals surface area contributed by atoms with Crippen LogP contribution in [0.2, 0.25) is 0 Å². The van der Waals surface area contributed by atoms with Gasteiger partial charge in [0, 0.05) is 25.5 Å². The molecule has 0 aromatic carbocycles. The molecule has 0 atom stereocenters. The lowest BCUT2D eigenvalue weighted by Crippen LogP contribution is -2.39. The Morgan fingerprint density at radius 1 is 1.19 bits per heavy atom. The number of aliphatic carboxylic acids is 1. The minimum atomic E-state index is -0.720. The topological polar surface area (TPSA) is 91.2 Å². The Balaban J connectivity index is 0.00000181. The van der Waals surface area contributed by atoms with Crippen LogP contribution in [0.4, 0.5) is 16.8 Å². The summed E-state index contributed by atoms with van der Waals surface area (Å²) in [6, 6.07) is 9.81. The Hall–Kier alpha value is -2.42. The quantitative estimate of drug-likeness (QED) is 0.461. The van der Waals surface area contributed by atoms with Crippen LogP contribution in [-0.4, -0.2) is 39.1 Å². The largest absolute Gasteiger partial charge is 0.481 e. The summed E-state index contributed by atoms with van der Waals surface area (Å²) in [5, 5.41) is 13.3. The Bertz CT molecular complexity index is 1050. The van der Waals surface area contributed by atoms with Crippen molar-refractivity contribution in [3.63, 3.8) is 0 Å². The number of thiazole rings is 1. The SMILES string of the molecule is Cc1ccnc(Nc2cccc(-c3cnc(N4CCC(C)(CC(=O)O)CC4)s3)n2)c1.Cl.Cl. The summed E-state index contributed by atoms with van der Waals surface area (Å²) >= 11 is 1.62. The van der Waals surface area contributed by atoms with E-state index in [9.17, 15) is 4.79 Å². The molecule has 0 saturated carbocycles. The molecule has 4 rings (SSSR count). The van der Waals surface area contributed by atoms with Crippen molar-refractivity contribution in [2.24, 2.45) is 5.41 Å². The number of aromatic nitrogens is 3. The van der Waals surface area contributed by atoms with Crippen molar-refractivity contribution >= 4 is 58.9 Å². The molecule has 0 amide bonds. The fourth-order valence-electron chi connectivity index (χ4n) is 3.69. The lowest BCUT2D eigenvalue weighted by molar-refractivity contribution is -0.139. The Labute approximate surface area is 204 Å². The number of nitrogens with one attached hydrogen (secondary N) is 1. The Morgan fingerprint density at radius 2 is 1.94 bits per heavy atom. The van der Waals surface area contributed by atoms with E-state index in [2.05, 4.69) is 27.1 Å². The summed E-state index contributed by atoms with van der Waals surface area (Å²) in [5.74, 6) is 0.785. The van der Waals surface area contributed by atoms with E-state index in [-0.39, 0.29) is 36.6 Å². The fourth-order valence-corrected chi connectivity index (χ4v) is 4.62. The van der Waals surface area contributed by atoms with Gasteiger partial charge in [0.25, 0.3) is 0 Å². The maximum Gasteiger partial charge on any atom is 0.303 e. The minimum absolute atomic E-state index is 0. The Kier molecular flexibility index (Phi) is 8.83. The van der Waals surface area contributed by atoms with E-state index in [0.29, 0.717) is 0 Å². The molecule has 0 aliphatic carbocycles. The molecule has 7 nitrogen and oxygen atoms in total. The number of anilines is 3. The molecular formula is C22H27Cl2N5O2S. The number of carbonyl (C=O) groups is 1. The molecule has 1 saturated heterocycles. The first-order chi connectivity index (χ1) is 14.4. The van der Waals surface area contributed by atoms with E-state index < -0.39 is 5.97 Å². The first-order valence-corrected chi connectivity index (χ1v) is 10.8. The van der Waals surface area contributed by atoms with Gasteiger partial charge in [-0.15, -0.1) is 24.8 Å². The van der Waals surface area contributed by atoms with Crippen LogP contribution in [0.25, 0.3) is 10.6 Å². The number of hydrogen-bond donors (Lipinski definition) is 2. The van der Waals surface area contributed by atoms with Gasteiger partial charge in [-0.25, -0.2) is 15.0 Å². The van der Waals surface area contributed by atoms with E-state index in [1.807, 2.05) is 43.5 Å². The van der Waals surface area contributed by atoms with E-state index in [0.717, 1.165) is 58.8 Å². The highest BCUT2D eigenvalue weighted by molar-refractivity contribution is 7.18. The number of carboxylic acid groups (broad SMARTS) is 1. The summed E-state index contributed by atoms with van der Waals surface area (Å²) in [5.41, 5.74) is 1.87. The number of pyridine rings is 2. The Morgan fingerprint density at radius 3 is 2.62 bits per heavy atom. The van der Waals surface area contributed by atoms with Gasteiger partial charge < -0.3 is 15.3 Å². The predicted octanol–water partition coefficient (Wildman–Crippen LogP) is 5.58. The van der Waals surface area contributed by atoms with Gasteiger partial charge >= 0.3 is 5.97 Å². The van der Waals surface area contributed by atoms with Crippen LogP contribution in [-0.2, 0) is 4.79 Å². The van der Waals surface area contributed by atoms with Crippen LogP contribution in [0, 0.1) is 12.3 Å². The average molecular weight is 496 g/mol. The van der Waals surface area contributed by atoms with Gasteiger partial charge in [0.1, 0.15) is 11.6 Å². The summed E-state index contributed by atoms with van der Waals surface area (Å²) in [6.45, 7) is 5.74. The second kappa shape index (κ2) is 10.9. The second-order valence-electron chi connectivity index (χ2n) is 8.13. The summed E-state index contributed by atoms with van der Waals surface area (Å²) in [4.78, 5) is 28.0. The molecule has 0 unspecified atom stereocenters. The molecule has 172 valence electrons. The van der Waals surface area contributed by atoms with E-state index in [1.54, 1.807) is 17.5 Å². The molecule has 0 spiro atoms. The molecule has 10 heteroatoms. The number of hydrogen-bond acceptors (Lipinski definition) is 7. The zero-order valence-electron chi connectivity index (χ0n) is 17.9. The monoisotopic (exact) mass is 495 g/mol. The van der Waals surface area contributed by atoms with Crippen LogP contribution in [0.15, 0.2) is 42.7 Å². The van der Waals surface area contributed by atoms with Gasteiger partial charge in [-0.05, 0) is 55.0 Å². The van der Waals surface area contributed by atoms with E-state index in [1.165, 1.54) is 0 Å². The number of carboxylic acids is 1. The maximum absolute atomic E-state index is 11.1. The van der Waals surface area contributed by atoms with Crippen molar-refractivity contribution in [3.8, 4) is 10.6 Å². The maximum atomic E-state index is 11.1. The fraction of sp³-hybridized carbons (Fsp3) is 0.364. The third-order valence-electron chi connectivity index (χ3n) is 5.49. The van der Waals surface area contributed by atoms with Crippen LogP contribution >= 0.6 is 36.2 Å². The van der Waals surface area contributed by atoms with Crippen molar-refractivity contribution in [1.82, 2.24) is 15.0 Å². The number of aryl methyl sites for hydroxylation is 1. The molecule has 3 aromatic rings. The standard InChI is InChI=1S/C22H25N5O2S.2ClH/c1-15-6-9-23-19(12-15)26-18-5-3-4-16(25-18)17-14-24-21(30-17)27-10-7-22(2,8-11-27)13-20(28)29;;/h3-6,9,12,14H,7-8,10-11,13H2,1-2H3,(H,28,29)(H,23,25,26);2*1H. The summed E-state index contributed by atoms with van der Waals surface area (Å²) in [6.07, 6.45) is 5.58. The number of rotatable bonds is 6. The van der Waals surface area contributed by atoms with Gasteiger partial charge in [0.15, 0.2) is 5.13 Å². The zero-order chi connectivity index (χ0) is 21.1. The third-order valence-corrected chi connectivity index (χ3v) is 6.57. The lowest BCUT2D eigenvalue weighted by atomic mass is 9.78. The summed E-state index contributed by atoms with van der Waals surface area (Å²) in [7, 11) is 0. The first kappa shape index (κ1) is 25.8. The van der Waals surface area contributed by atoms with Gasteiger partial charge in [-0.2, -0.15) is 0 Å². The van der Waals surface area contributed by atoms with Crippen LogP contribution < -0.4 is 10.2 Å². The predicted molar refractivity (Wildman–Crippen MR) is 134 cm³/mol. The molecule has 3 aromatic heterocycles. The van der Waals surface area contributed by atoms with E-state index in [4.69, 9.17) is 10.1 Å². The van der Waals surface area contributed by atoms with Crippen molar-refractivity contribution in [1.29, 1.82) is 0 Å². The number of piperidine rings is 1. The molecule has 1 aliphatic heterocycles. The molecule has 0 radical (unpaired) electrons. The van der Waals surface area contributed by atoms with Gasteiger partial charge in [-0.1, -0.05) is 24.3 Å². The van der Waals surface area contributed by atoms with Gasteiger partial charge in [-0.3, -0.25) is 4.79 Å². The molecule has 1 aliphatic rings. The smallest absolute Gasteiger partial charge is 0.303 e. The highest BCUT2D eigenvalue weighted by Crippen LogP contribution is 2.38. The molecule has 0 bridgehead atoms. The van der Waals surface area contributed by atoms with E-state index >= 15 is 0 Å². The molecule has 1 fully saturated rings. The highest BCUT2D eigenvalue weighted by Gasteiger charge is 2.33. The molecule has 32 heavy (non-hydrogen) atoms. The number of halogens is 2. The molecule has 2 N–H and O–H groups in total. The lowest BCUT2D eigenvalue weighted by Gasteiger charge is -2.38. The van der Waals surface area contributed by atoms with Crippen LogP contribution in [0.3, 0.4) is 0 Å². The summed E-state index contributed by atoms with van der Waals surface area (Å²) < 4.78 is 0. The normalized spacial score (nSPS) is 14.8. The van der Waals surface area contributed by atoms with Crippen molar-refractivity contribution in [2.45, 2.75) is 33.1 Å². The minimum Gasteiger partial charge on any atom is -0.481 e.